The summed E-state index contributed by atoms with van der Waals surface area (Å²) in [5, 5.41) is 9.41. The highest BCUT2D eigenvalue weighted by Gasteiger charge is 2.19. The van der Waals surface area contributed by atoms with Crippen LogP contribution in [0.2, 0.25) is 0 Å². The molecule has 2 atom stereocenters. The zero-order valence-electron chi connectivity index (χ0n) is 12.5. The van der Waals surface area contributed by atoms with Crippen LogP contribution in [0, 0.1) is 0 Å². The Morgan fingerprint density at radius 1 is 1.32 bits per heavy atom. The smallest absolute Gasteiger partial charge is 0.137 e. The summed E-state index contributed by atoms with van der Waals surface area (Å²) in [7, 11) is 0. The van der Waals surface area contributed by atoms with E-state index in [9.17, 15) is 5.11 Å². The molecule has 1 aromatic rings. The molecule has 0 radical (unpaired) electrons. The summed E-state index contributed by atoms with van der Waals surface area (Å²) < 4.78 is 5.84. The van der Waals surface area contributed by atoms with E-state index in [1.54, 1.807) is 0 Å². The highest BCUT2D eigenvalue weighted by atomic mass is 16.5. The summed E-state index contributed by atoms with van der Waals surface area (Å²) in [5.74, 6) is 0.776. The molecule has 19 heavy (non-hydrogen) atoms. The Morgan fingerprint density at radius 2 is 2.00 bits per heavy atom. The first-order valence-electron chi connectivity index (χ1n) is 7.02. The molecule has 0 amide bonds. The molecule has 0 aromatic heterocycles. The van der Waals surface area contributed by atoms with Crippen molar-refractivity contribution in [1.82, 2.24) is 0 Å². The lowest BCUT2D eigenvalue weighted by molar-refractivity contribution is 0.0915. The molecule has 3 heteroatoms. The van der Waals surface area contributed by atoms with Gasteiger partial charge in [0.25, 0.3) is 0 Å². The average Bonchev–Trinajstić information content (AvgIpc) is 2.35. The van der Waals surface area contributed by atoms with Gasteiger partial charge in [-0.15, -0.1) is 0 Å². The molecule has 1 aromatic carbocycles. The van der Waals surface area contributed by atoms with Gasteiger partial charge >= 0.3 is 0 Å². The molecular weight excluding hydrogens is 238 g/mol. The fourth-order valence-electron chi connectivity index (χ4n) is 1.99. The third kappa shape index (κ3) is 4.84. The van der Waals surface area contributed by atoms with E-state index < -0.39 is 0 Å². The van der Waals surface area contributed by atoms with E-state index >= 15 is 0 Å². The monoisotopic (exact) mass is 265 g/mol. The lowest BCUT2D eigenvalue weighted by atomic mass is 9.87. The van der Waals surface area contributed by atoms with Gasteiger partial charge in [0.05, 0.1) is 6.61 Å². The van der Waals surface area contributed by atoms with Crippen LogP contribution in [0.5, 0.6) is 5.75 Å². The Labute approximate surface area is 116 Å². The van der Waals surface area contributed by atoms with Gasteiger partial charge in [0.15, 0.2) is 0 Å². The van der Waals surface area contributed by atoms with E-state index in [1.807, 2.05) is 18.2 Å². The number of ether oxygens (including phenoxy) is 1. The third-order valence-electron chi connectivity index (χ3n) is 3.27. The fourth-order valence-corrected chi connectivity index (χ4v) is 1.99. The van der Waals surface area contributed by atoms with Crippen molar-refractivity contribution in [3.8, 4) is 5.75 Å². The number of aliphatic hydroxyl groups excluding tert-OH is 1. The van der Waals surface area contributed by atoms with Crippen LogP contribution in [0.25, 0.3) is 0 Å². The molecule has 3 N–H and O–H groups in total. The first-order chi connectivity index (χ1) is 8.88. The molecule has 108 valence electrons. The molecule has 0 spiro atoms. The van der Waals surface area contributed by atoms with Crippen molar-refractivity contribution in [2.24, 2.45) is 5.73 Å². The van der Waals surface area contributed by atoms with Crippen molar-refractivity contribution in [3.63, 3.8) is 0 Å². The van der Waals surface area contributed by atoms with E-state index in [1.165, 1.54) is 5.56 Å². The van der Waals surface area contributed by atoms with Crippen LogP contribution in [-0.2, 0) is 5.41 Å². The van der Waals surface area contributed by atoms with Gasteiger partial charge in [-0.1, -0.05) is 46.2 Å². The van der Waals surface area contributed by atoms with Crippen LogP contribution in [0.1, 0.15) is 46.1 Å². The summed E-state index contributed by atoms with van der Waals surface area (Å²) in [4.78, 5) is 0. The van der Waals surface area contributed by atoms with E-state index in [4.69, 9.17) is 10.5 Å². The van der Waals surface area contributed by atoms with Gasteiger partial charge in [-0.25, -0.2) is 0 Å². The molecule has 0 saturated heterocycles. The second kappa shape index (κ2) is 6.92. The van der Waals surface area contributed by atoms with Crippen LogP contribution in [0.4, 0.5) is 0 Å². The quantitative estimate of drug-likeness (QED) is 0.831. The highest BCUT2D eigenvalue weighted by molar-refractivity contribution is 5.32. The minimum atomic E-state index is -0.338. The van der Waals surface area contributed by atoms with E-state index in [0.29, 0.717) is 0 Å². The standard InChI is InChI=1S/C16H27NO2/c1-5-7-14(17)15(11-18)19-13-9-6-8-12(10-13)16(2,3)4/h6,8-10,14-15,18H,5,7,11,17H2,1-4H3. The number of rotatable bonds is 6. The number of aliphatic hydroxyl groups is 1. The molecular formula is C16H27NO2. The molecule has 3 nitrogen and oxygen atoms in total. The topological polar surface area (TPSA) is 55.5 Å². The minimum absolute atomic E-state index is 0.0547. The maximum absolute atomic E-state index is 9.41. The average molecular weight is 265 g/mol. The molecule has 0 fully saturated rings. The Kier molecular flexibility index (Phi) is 5.83. The molecule has 1 rings (SSSR count). The molecule has 0 heterocycles. The first kappa shape index (κ1) is 16.0. The summed E-state index contributed by atoms with van der Waals surface area (Å²) in [6.45, 7) is 8.52. The molecule has 2 unspecified atom stereocenters. The summed E-state index contributed by atoms with van der Waals surface area (Å²) in [6, 6.07) is 7.88. The zero-order chi connectivity index (χ0) is 14.5. The third-order valence-corrected chi connectivity index (χ3v) is 3.27. The number of hydrogen-bond acceptors (Lipinski definition) is 3. The number of benzene rings is 1. The van der Waals surface area contributed by atoms with Crippen molar-refractivity contribution in [2.75, 3.05) is 6.61 Å². The number of hydrogen-bond donors (Lipinski definition) is 2. The minimum Gasteiger partial charge on any atom is -0.486 e. The predicted molar refractivity (Wildman–Crippen MR) is 79.5 cm³/mol. The van der Waals surface area contributed by atoms with Crippen molar-refractivity contribution >= 4 is 0 Å². The van der Waals surface area contributed by atoms with Crippen molar-refractivity contribution in [2.45, 2.75) is 58.1 Å². The van der Waals surface area contributed by atoms with Gasteiger partial charge in [-0.05, 0) is 29.5 Å². The van der Waals surface area contributed by atoms with Crippen LogP contribution >= 0.6 is 0 Å². The normalized spacial score (nSPS) is 15.1. The molecule has 0 aliphatic rings. The Balaban J connectivity index is 2.80. The van der Waals surface area contributed by atoms with Crippen molar-refractivity contribution in [3.05, 3.63) is 29.8 Å². The molecule has 0 aliphatic carbocycles. The Hall–Kier alpha value is -1.06. The molecule has 0 saturated carbocycles. The lowest BCUT2D eigenvalue weighted by Crippen LogP contribution is -2.41. The summed E-state index contributed by atoms with van der Waals surface area (Å²) in [5.41, 5.74) is 7.32. The van der Waals surface area contributed by atoms with Gasteiger partial charge in [-0.2, -0.15) is 0 Å². The van der Waals surface area contributed by atoms with Gasteiger partial charge in [-0.3, -0.25) is 0 Å². The fraction of sp³-hybridized carbons (Fsp3) is 0.625. The van der Waals surface area contributed by atoms with Crippen LogP contribution < -0.4 is 10.5 Å². The zero-order valence-corrected chi connectivity index (χ0v) is 12.5. The Morgan fingerprint density at radius 3 is 2.53 bits per heavy atom. The van der Waals surface area contributed by atoms with Crippen LogP contribution in [0.3, 0.4) is 0 Å². The van der Waals surface area contributed by atoms with Crippen molar-refractivity contribution < 1.29 is 9.84 Å². The van der Waals surface area contributed by atoms with Gasteiger partial charge in [0, 0.05) is 6.04 Å². The second-order valence-corrected chi connectivity index (χ2v) is 6.07. The first-order valence-corrected chi connectivity index (χ1v) is 7.02. The maximum Gasteiger partial charge on any atom is 0.137 e. The van der Waals surface area contributed by atoms with E-state index in [2.05, 4.69) is 33.8 Å². The SMILES string of the molecule is CCCC(N)C(CO)Oc1cccc(C(C)(C)C)c1. The maximum atomic E-state index is 9.41. The lowest BCUT2D eigenvalue weighted by Gasteiger charge is -2.25. The van der Waals surface area contributed by atoms with Crippen LogP contribution in [0.15, 0.2) is 24.3 Å². The largest absolute Gasteiger partial charge is 0.486 e. The summed E-state index contributed by atoms with van der Waals surface area (Å²) >= 11 is 0. The predicted octanol–water partition coefficient (Wildman–Crippen LogP) is 2.85. The highest BCUT2D eigenvalue weighted by Crippen LogP contribution is 2.26. The molecule has 0 aliphatic heterocycles. The van der Waals surface area contributed by atoms with Gasteiger partial charge in [0.2, 0.25) is 0 Å². The number of nitrogens with two attached hydrogens (primary N) is 1. The van der Waals surface area contributed by atoms with Gasteiger partial charge in [0.1, 0.15) is 11.9 Å². The summed E-state index contributed by atoms with van der Waals surface area (Å²) in [6.07, 6.45) is 1.50. The van der Waals surface area contributed by atoms with E-state index in [0.717, 1.165) is 18.6 Å². The van der Waals surface area contributed by atoms with E-state index in [-0.39, 0.29) is 24.2 Å². The van der Waals surface area contributed by atoms with Gasteiger partial charge < -0.3 is 15.6 Å². The second-order valence-electron chi connectivity index (χ2n) is 6.07. The van der Waals surface area contributed by atoms with Crippen LogP contribution in [-0.4, -0.2) is 23.9 Å². The Bertz CT molecular complexity index is 385. The molecule has 0 bridgehead atoms. The van der Waals surface area contributed by atoms with Crippen molar-refractivity contribution in [1.29, 1.82) is 0 Å².